The summed E-state index contributed by atoms with van der Waals surface area (Å²) < 4.78 is 12.4. The summed E-state index contributed by atoms with van der Waals surface area (Å²) in [5.74, 6) is 4.78. The predicted octanol–water partition coefficient (Wildman–Crippen LogP) is 5.35. The number of nitrogens with two attached hydrogens (primary N) is 1. The van der Waals surface area contributed by atoms with E-state index < -0.39 is 5.41 Å². The largest absolute Gasteiger partial charge is 0.427 e. The van der Waals surface area contributed by atoms with E-state index in [4.69, 9.17) is 9.47 Å². The van der Waals surface area contributed by atoms with E-state index in [-0.39, 0.29) is 36.3 Å². The van der Waals surface area contributed by atoms with Crippen LogP contribution in [0.1, 0.15) is 84.5 Å². The first-order valence-electron chi connectivity index (χ1n) is 17.2. The fourth-order valence-electron chi connectivity index (χ4n) is 9.97. The second-order valence-electron chi connectivity index (χ2n) is 14.2. The maximum absolute atomic E-state index is 14.3. The predicted molar refractivity (Wildman–Crippen MR) is 174 cm³/mol. The van der Waals surface area contributed by atoms with E-state index in [1.165, 1.54) is 5.57 Å². The van der Waals surface area contributed by atoms with Gasteiger partial charge in [0.05, 0.1) is 23.4 Å². The van der Waals surface area contributed by atoms with Gasteiger partial charge in [0, 0.05) is 42.3 Å². The number of unbranched alkanes of at least 4 members (excludes halogenated alkanes) is 1. The fraction of sp³-hybridized carbons (Fsp3) is 0.714. The molecule has 7 bridgehead atoms. The lowest BCUT2D eigenvalue weighted by Gasteiger charge is -2.58. The normalized spacial score (nSPS) is 39.7. The topological polar surface area (TPSA) is 101 Å². The van der Waals surface area contributed by atoms with E-state index in [2.05, 4.69) is 36.6 Å². The van der Waals surface area contributed by atoms with Gasteiger partial charge in [-0.3, -0.25) is 5.32 Å². The maximum atomic E-state index is 14.3. The molecule has 7 nitrogen and oxygen atoms in total. The molecule has 8 aliphatic rings. The Kier molecular flexibility index (Phi) is 9.14. The lowest BCUT2D eigenvalue weighted by molar-refractivity contribution is -0.705. The highest BCUT2D eigenvalue weighted by Crippen LogP contribution is 2.71. The molecular formula is C35H49N2O5S2+. The van der Waals surface area contributed by atoms with Crippen LogP contribution in [0.15, 0.2) is 46.0 Å². The third-order valence-electron chi connectivity index (χ3n) is 11.7. The number of hydrogen-bond acceptors (Lipinski definition) is 8. The SMILES string of the molecule is CCCC=C1OC(=O)C2=C1CC[C@@H]1[C@@H]2[C@]23CC[C@H]1C1=C2C(=O)OC3=CC[C@@H](C)CSSCNC2CC(CC[NH2+]2)[C@@H]1CCCO. The standard InChI is InChI=1S/C35H48N2O5S2/c1-3-4-7-26-25-10-9-24-23-12-14-35(31(24)30(25)33(39)41-26)27-11-8-20(2)18-43-44-19-37-28-17-21(13-15-36-28)22(6-5-16-38)29(23)32(35)34(40)42-27/h7,11,20-24,28,31,36-38H,3-6,8-10,12-19H2,1-2H3/p+1/t20-,21?,22+,23-,24+,28?,31+,35-/m1/s1. The Morgan fingerprint density at radius 1 is 1.18 bits per heavy atom. The summed E-state index contributed by atoms with van der Waals surface area (Å²) in [6.07, 6.45) is 15.0. The van der Waals surface area contributed by atoms with E-state index in [9.17, 15) is 14.7 Å². The van der Waals surface area contributed by atoms with Gasteiger partial charge in [-0.1, -0.05) is 47.4 Å². The van der Waals surface area contributed by atoms with E-state index in [1.54, 1.807) is 0 Å². The highest BCUT2D eigenvalue weighted by atomic mass is 33.1. The minimum atomic E-state index is -0.597. The average molecular weight is 642 g/mol. The summed E-state index contributed by atoms with van der Waals surface area (Å²) in [6, 6.07) is 0. The Morgan fingerprint density at radius 3 is 2.91 bits per heavy atom. The highest BCUT2D eigenvalue weighted by Gasteiger charge is 2.69. The number of fused-ring (bicyclic) bond motifs is 3. The van der Waals surface area contributed by atoms with Crippen molar-refractivity contribution >= 4 is 33.5 Å². The molecule has 0 amide bonds. The van der Waals surface area contributed by atoms with Crippen LogP contribution >= 0.6 is 21.6 Å². The molecule has 2 saturated heterocycles. The summed E-state index contributed by atoms with van der Waals surface area (Å²) in [5, 5.41) is 16.3. The van der Waals surface area contributed by atoms with Crippen molar-refractivity contribution in [2.24, 2.45) is 40.9 Å². The van der Waals surface area contributed by atoms with Crippen LogP contribution in [-0.4, -0.2) is 48.0 Å². The average Bonchev–Trinajstić information content (AvgIpc) is 3.52. The van der Waals surface area contributed by atoms with Crippen molar-refractivity contribution < 1.29 is 29.5 Å². The van der Waals surface area contributed by atoms with Crippen molar-refractivity contribution in [3.63, 3.8) is 0 Å². The van der Waals surface area contributed by atoms with Gasteiger partial charge in [0.15, 0.2) is 0 Å². The quantitative estimate of drug-likeness (QED) is 0.273. The molecule has 0 aromatic rings. The molecule has 4 N–H and O–H groups in total. The molecule has 0 aromatic carbocycles. The van der Waals surface area contributed by atoms with Crippen molar-refractivity contribution in [1.82, 2.24) is 5.32 Å². The molecule has 8 atom stereocenters. The van der Waals surface area contributed by atoms with Gasteiger partial charge in [-0.15, -0.1) is 0 Å². The van der Waals surface area contributed by atoms with Crippen LogP contribution in [0.25, 0.3) is 0 Å². The number of aliphatic hydroxyl groups excluding tert-OH is 1. The molecule has 1 saturated carbocycles. The molecule has 240 valence electrons. The Balaban J connectivity index is 1.41. The second kappa shape index (κ2) is 12.9. The fourth-order valence-corrected chi connectivity index (χ4v) is 12.2. The van der Waals surface area contributed by atoms with Crippen LogP contribution in [0.2, 0.25) is 0 Å². The molecule has 0 aromatic heterocycles. The monoisotopic (exact) mass is 641 g/mol. The lowest BCUT2D eigenvalue weighted by Crippen LogP contribution is -2.95. The first-order valence-corrected chi connectivity index (χ1v) is 19.7. The first-order chi connectivity index (χ1) is 21.5. The zero-order valence-corrected chi connectivity index (χ0v) is 27.9. The van der Waals surface area contributed by atoms with Crippen molar-refractivity contribution in [3.05, 3.63) is 46.0 Å². The number of carbonyl (C=O) groups excluding carboxylic acids is 2. The number of hydrogen-bond donors (Lipinski definition) is 3. The van der Waals surface area contributed by atoms with Crippen LogP contribution in [0.5, 0.6) is 0 Å². The summed E-state index contributed by atoms with van der Waals surface area (Å²) in [5.41, 5.74) is 3.56. The molecule has 4 aliphatic heterocycles. The number of allylic oxidation sites excluding steroid dienone is 5. The zero-order valence-electron chi connectivity index (χ0n) is 26.3. The number of nitrogens with one attached hydrogen (secondary N) is 1. The van der Waals surface area contributed by atoms with Gasteiger partial charge < -0.3 is 19.9 Å². The van der Waals surface area contributed by atoms with Crippen LogP contribution in [0.4, 0.5) is 0 Å². The number of rotatable bonds is 5. The van der Waals surface area contributed by atoms with Crippen molar-refractivity contribution in [1.29, 1.82) is 0 Å². The van der Waals surface area contributed by atoms with E-state index in [1.807, 2.05) is 21.6 Å². The second-order valence-corrected chi connectivity index (χ2v) is 16.7. The molecular weight excluding hydrogens is 593 g/mol. The van der Waals surface area contributed by atoms with Gasteiger partial charge in [-0.05, 0) is 93.1 Å². The van der Waals surface area contributed by atoms with Crippen LogP contribution in [0, 0.1) is 40.9 Å². The molecule has 2 unspecified atom stereocenters. The van der Waals surface area contributed by atoms with Gasteiger partial charge in [-0.2, -0.15) is 0 Å². The van der Waals surface area contributed by atoms with Crippen LogP contribution < -0.4 is 10.6 Å². The molecule has 0 radical (unpaired) electrons. The minimum Gasteiger partial charge on any atom is -0.427 e. The number of quaternary nitrogens is 1. The van der Waals surface area contributed by atoms with E-state index in [0.717, 1.165) is 117 Å². The third kappa shape index (κ3) is 5.17. The van der Waals surface area contributed by atoms with Crippen LogP contribution in [-0.2, 0) is 19.1 Å². The van der Waals surface area contributed by atoms with Gasteiger partial charge in [0.1, 0.15) is 17.7 Å². The summed E-state index contributed by atoms with van der Waals surface area (Å²) >= 11 is 0. The van der Waals surface area contributed by atoms with Crippen LogP contribution in [0.3, 0.4) is 0 Å². The number of aliphatic hydroxyl groups is 1. The summed E-state index contributed by atoms with van der Waals surface area (Å²) in [4.78, 5) is 28.1. The van der Waals surface area contributed by atoms with Gasteiger partial charge in [-0.25, -0.2) is 9.59 Å². The van der Waals surface area contributed by atoms with Gasteiger partial charge >= 0.3 is 11.9 Å². The number of piperidine rings is 1. The van der Waals surface area contributed by atoms with Crippen molar-refractivity contribution in [3.8, 4) is 0 Å². The smallest absolute Gasteiger partial charge is 0.340 e. The van der Waals surface area contributed by atoms with Gasteiger partial charge in [0.25, 0.3) is 0 Å². The summed E-state index contributed by atoms with van der Waals surface area (Å²) in [7, 11) is 3.82. The number of esters is 2. The Labute approximate surface area is 269 Å². The molecule has 1 spiro atoms. The number of carbonyl (C=O) groups is 2. The molecule has 9 heteroatoms. The molecule has 44 heavy (non-hydrogen) atoms. The van der Waals surface area contributed by atoms with Crippen molar-refractivity contribution in [2.75, 3.05) is 24.8 Å². The summed E-state index contributed by atoms with van der Waals surface area (Å²) in [6.45, 7) is 5.66. The third-order valence-corrected chi connectivity index (χ3v) is 14.2. The molecule has 4 aliphatic carbocycles. The Bertz CT molecular complexity index is 1310. The van der Waals surface area contributed by atoms with E-state index >= 15 is 0 Å². The zero-order chi connectivity index (χ0) is 30.4. The first kappa shape index (κ1) is 31.1. The van der Waals surface area contributed by atoms with Gasteiger partial charge in [0.2, 0.25) is 0 Å². The molecule has 8 rings (SSSR count). The molecule has 3 fully saturated rings. The number of ether oxygens (including phenoxy) is 2. The highest BCUT2D eigenvalue weighted by molar-refractivity contribution is 8.76. The van der Waals surface area contributed by atoms with Crippen molar-refractivity contribution in [2.45, 2.75) is 90.6 Å². The Hall–Kier alpha value is -1.52. The lowest BCUT2D eigenvalue weighted by atomic mass is 9.43. The molecule has 4 heterocycles. The van der Waals surface area contributed by atoms with E-state index in [0.29, 0.717) is 23.9 Å². The Morgan fingerprint density at radius 2 is 2.07 bits per heavy atom. The maximum Gasteiger partial charge on any atom is 0.340 e. The minimum absolute atomic E-state index is 0.0757. The number of cyclic esters (lactones) is 1.